The molecule has 2 rings (SSSR count). The number of hydrogen-bond donors (Lipinski definition) is 2. The molecule has 2 aromatic carbocycles. The van der Waals surface area contributed by atoms with Crippen LogP contribution < -0.4 is 10.5 Å². The molecular formula is C16H14N2O3. The Hall–Kier alpha value is -3.00. The van der Waals surface area contributed by atoms with Crippen molar-refractivity contribution in [1.82, 2.24) is 0 Å². The highest BCUT2D eigenvalue weighted by Gasteiger charge is 2.14. The standard InChI is InChI=1S/C16H14N2O3/c1-21-13-4-2-10(3-5-13)6-12-7-11(9-17)8-14(15(12)18)16(19)20/h2-5,7-8H,6,18H2,1H3,(H,19,20). The lowest BCUT2D eigenvalue weighted by molar-refractivity contribution is 0.0698. The molecule has 106 valence electrons. The molecule has 0 bridgehead atoms. The third kappa shape index (κ3) is 3.12. The Labute approximate surface area is 122 Å². The molecule has 5 heteroatoms. The van der Waals surface area contributed by atoms with Crippen LogP contribution in [0.2, 0.25) is 0 Å². The van der Waals surface area contributed by atoms with E-state index in [1.165, 1.54) is 6.07 Å². The first-order valence-corrected chi connectivity index (χ1v) is 6.24. The second kappa shape index (κ2) is 5.97. The third-order valence-electron chi connectivity index (χ3n) is 3.18. The van der Waals surface area contributed by atoms with E-state index in [1.807, 2.05) is 30.3 Å². The molecule has 0 saturated heterocycles. The maximum Gasteiger partial charge on any atom is 0.337 e. The number of nitrogens with zero attached hydrogens (tertiary/aromatic N) is 1. The Balaban J connectivity index is 2.40. The first-order valence-electron chi connectivity index (χ1n) is 6.24. The van der Waals surface area contributed by atoms with Crippen molar-refractivity contribution in [2.45, 2.75) is 6.42 Å². The number of hydrogen-bond acceptors (Lipinski definition) is 4. The molecule has 0 unspecified atom stereocenters. The molecule has 0 fully saturated rings. The van der Waals surface area contributed by atoms with Gasteiger partial charge in [0.2, 0.25) is 0 Å². The molecule has 0 aromatic heterocycles. The normalized spacial score (nSPS) is 9.90. The molecule has 0 spiro atoms. The summed E-state index contributed by atoms with van der Waals surface area (Å²) in [6.07, 6.45) is 0.450. The highest BCUT2D eigenvalue weighted by Crippen LogP contribution is 2.24. The Morgan fingerprint density at radius 2 is 2.00 bits per heavy atom. The quantitative estimate of drug-likeness (QED) is 0.839. The Morgan fingerprint density at radius 1 is 1.33 bits per heavy atom. The number of rotatable bonds is 4. The molecule has 0 aliphatic rings. The number of benzene rings is 2. The molecule has 3 N–H and O–H groups in total. The zero-order valence-electron chi connectivity index (χ0n) is 11.5. The van der Waals surface area contributed by atoms with Crippen molar-refractivity contribution in [2.75, 3.05) is 12.8 Å². The fraction of sp³-hybridized carbons (Fsp3) is 0.125. The topological polar surface area (TPSA) is 96.3 Å². The zero-order chi connectivity index (χ0) is 15.4. The van der Waals surface area contributed by atoms with Crippen molar-refractivity contribution in [3.05, 3.63) is 58.7 Å². The van der Waals surface area contributed by atoms with E-state index in [1.54, 1.807) is 13.2 Å². The SMILES string of the molecule is COc1ccc(Cc2cc(C#N)cc(C(=O)O)c2N)cc1. The minimum Gasteiger partial charge on any atom is -0.497 e. The number of nitrogens with two attached hydrogens (primary N) is 1. The van der Waals surface area contributed by atoms with Gasteiger partial charge in [0.05, 0.1) is 24.3 Å². The number of nitriles is 1. The Kier molecular flexibility index (Phi) is 4.10. The predicted molar refractivity (Wildman–Crippen MR) is 78.3 cm³/mol. The summed E-state index contributed by atoms with van der Waals surface area (Å²) >= 11 is 0. The fourth-order valence-electron chi connectivity index (χ4n) is 2.06. The van der Waals surface area contributed by atoms with Crippen LogP contribution in [-0.2, 0) is 6.42 Å². The summed E-state index contributed by atoms with van der Waals surface area (Å²) in [5.41, 5.74) is 7.90. The smallest absolute Gasteiger partial charge is 0.337 e. The van der Waals surface area contributed by atoms with Gasteiger partial charge in [0.25, 0.3) is 0 Å². The third-order valence-corrected chi connectivity index (χ3v) is 3.18. The van der Waals surface area contributed by atoms with Crippen LogP contribution in [0.4, 0.5) is 5.69 Å². The van der Waals surface area contributed by atoms with Gasteiger partial charge in [-0.3, -0.25) is 0 Å². The minimum atomic E-state index is -1.14. The van der Waals surface area contributed by atoms with Gasteiger partial charge >= 0.3 is 5.97 Å². The summed E-state index contributed by atoms with van der Waals surface area (Å²) in [5, 5.41) is 18.1. The molecular weight excluding hydrogens is 268 g/mol. The molecule has 2 aromatic rings. The van der Waals surface area contributed by atoms with Crippen molar-refractivity contribution in [2.24, 2.45) is 0 Å². The Bertz CT molecular complexity index is 716. The van der Waals surface area contributed by atoms with Gasteiger partial charge in [-0.25, -0.2) is 4.79 Å². The van der Waals surface area contributed by atoms with Crippen LogP contribution in [0.3, 0.4) is 0 Å². The van der Waals surface area contributed by atoms with Gasteiger partial charge in [-0.1, -0.05) is 12.1 Å². The van der Waals surface area contributed by atoms with Gasteiger partial charge in [-0.2, -0.15) is 5.26 Å². The van der Waals surface area contributed by atoms with E-state index in [-0.39, 0.29) is 16.8 Å². The van der Waals surface area contributed by atoms with Gasteiger partial charge in [0.15, 0.2) is 0 Å². The van der Waals surface area contributed by atoms with E-state index >= 15 is 0 Å². The van der Waals surface area contributed by atoms with E-state index in [2.05, 4.69) is 0 Å². The summed E-state index contributed by atoms with van der Waals surface area (Å²) in [5.74, 6) is -0.399. The molecule has 0 amide bonds. The average molecular weight is 282 g/mol. The van der Waals surface area contributed by atoms with Crippen LogP contribution in [0, 0.1) is 11.3 Å². The molecule has 0 aliphatic carbocycles. The molecule has 0 aliphatic heterocycles. The van der Waals surface area contributed by atoms with Gasteiger partial charge in [-0.15, -0.1) is 0 Å². The van der Waals surface area contributed by atoms with Crippen molar-refractivity contribution in [3.8, 4) is 11.8 Å². The fourth-order valence-corrected chi connectivity index (χ4v) is 2.06. The zero-order valence-corrected chi connectivity index (χ0v) is 11.5. The van der Waals surface area contributed by atoms with Crippen LogP contribution in [-0.4, -0.2) is 18.2 Å². The number of nitrogen functional groups attached to an aromatic ring is 1. The van der Waals surface area contributed by atoms with Crippen LogP contribution >= 0.6 is 0 Å². The number of carbonyl (C=O) groups is 1. The second-order valence-electron chi connectivity index (χ2n) is 4.54. The van der Waals surface area contributed by atoms with Gasteiger partial charge in [0.1, 0.15) is 5.75 Å². The summed E-state index contributed by atoms with van der Waals surface area (Å²) in [6.45, 7) is 0. The van der Waals surface area contributed by atoms with Crippen molar-refractivity contribution in [3.63, 3.8) is 0 Å². The van der Waals surface area contributed by atoms with Crippen LogP contribution in [0.1, 0.15) is 27.0 Å². The maximum atomic E-state index is 11.2. The first-order chi connectivity index (χ1) is 10.0. The van der Waals surface area contributed by atoms with Crippen LogP contribution in [0.15, 0.2) is 36.4 Å². The second-order valence-corrected chi connectivity index (χ2v) is 4.54. The number of aromatic carboxylic acids is 1. The van der Waals surface area contributed by atoms with Gasteiger partial charge in [-0.05, 0) is 41.8 Å². The monoisotopic (exact) mass is 282 g/mol. The highest BCUT2D eigenvalue weighted by atomic mass is 16.5. The van der Waals surface area contributed by atoms with E-state index < -0.39 is 5.97 Å². The van der Waals surface area contributed by atoms with E-state index in [0.717, 1.165) is 11.3 Å². The number of anilines is 1. The van der Waals surface area contributed by atoms with Crippen molar-refractivity contribution < 1.29 is 14.6 Å². The molecule has 5 nitrogen and oxygen atoms in total. The summed E-state index contributed by atoms with van der Waals surface area (Å²) in [7, 11) is 1.59. The maximum absolute atomic E-state index is 11.2. The lowest BCUT2D eigenvalue weighted by atomic mass is 9.97. The molecule has 0 heterocycles. The highest BCUT2D eigenvalue weighted by molar-refractivity contribution is 5.95. The van der Waals surface area contributed by atoms with Crippen LogP contribution in [0.5, 0.6) is 5.75 Å². The largest absolute Gasteiger partial charge is 0.497 e. The average Bonchev–Trinajstić information content (AvgIpc) is 2.49. The van der Waals surface area contributed by atoms with Gasteiger partial charge < -0.3 is 15.6 Å². The summed E-state index contributed by atoms with van der Waals surface area (Å²) in [6, 6.07) is 12.2. The van der Waals surface area contributed by atoms with E-state index in [0.29, 0.717) is 12.0 Å². The van der Waals surface area contributed by atoms with E-state index in [9.17, 15) is 4.79 Å². The van der Waals surface area contributed by atoms with Crippen molar-refractivity contribution in [1.29, 1.82) is 5.26 Å². The molecule has 0 radical (unpaired) electrons. The lowest BCUT2D eigenvalue weighted by Gasteiger charge is -2.10. The number of ether oxygens (including phenoxy) is 1. The molecule has 21 heavy (non-hydrogen) atoms. The summed E-state index contributed by atoms with van der Waals surface area (Å²) in [4.78, 5) is 11.2. The molecule has 0 atom stereocenters. The molecule has 0 saturated carbocycles. The Morgan fingerprint density at radius 3 is 2.52 bits per heavy atom. The minimum absolute atomic E-state index is 0.0439. The van der Waals surface area contributed by atoms with E-state index in [4.69, 9.17) is 20.8 Å². The number of methoxy groups -OCH3 is 1. The van der Waals surface area contributed by atoms with Crippen LogP contribution in [0.25, 0.3) is 0 Å². The summed E-state index contributed by atoms with van der Waals surface area (Å²) < 4.78 is 5.08. The van der Waals surface area contributed by atoms with Crippen molar-refractivity contribution >= 4 is 11.7 Å². The predicted octanol–water partition coefficient (Wildman–Crippen LogP) is 2.44. The number of carboxylic acids is 1. The lowest BCUT2D eigenvalue weighted by Crippen LogP contribution is -2.07. The van der Waals surface area contributed by atoms with Gasteiger partial charge in [0, 0.05) is 5.69 Å². The first kappa shape index (κ1) is 14.4. The number of carboxylic acid groups (broad SMARTS) is 1.